The van der Waals surface area contributed by atoms with Gasteiger partial charge in [-0.05, 0) is 54.9 Å². The van der Waals surface area contributed by atoms with Gasteiger partial charge < -0.3 is 5.73 Å². The summed E-state index contributed by atoms with van der Waals surface area (Å²) in [6.07, 6.45) is 4.53. The third-order valence-corrected chi connectivity index (χ3v) is 4.26. The van der Waals surface area contributed by atoms with E-state index in [0.29, 0.717) is 5.92 Å². The largest absolute Gasteiger partial charge is 0.398 e. The highest BCUT2D eigenvalue weighted by molar-refractivity contribution is 5.93. The van der Waals surface area contributed by atoms with E-state index in [1.807, 2.05) is 0 Å². The second kappa shape index (κ2) is 4.27. The molecular weight excluding hydrogens is 220 g/mol. The minimum Gasteiger partial charge on any atom is -0.398 e. The molecule has 0 bridgehead atoms. The molecule has 1 unspecified atom stereocenters. The molecule has 0 saturated heterocycles. The van der Waals surface area contributed by atoms with Crippen LogP contribution in [0.25, 0.3) is 10.9 Å². The Balaban J connectivity index is 2.22. The first-order chi connectivity index (χ1) is 8.70. The molecular formula is C16H20N2. The van der Waals surface area contributed by atoms with Gasteiger partial charge in [0, 0.05) is 16.8 Å². The van der Waals surface area contributed by atoms with E-state index in [9.17, 15) is 0 Å². The van der Waals surface area contributed by atoms with Gasteiger partial charge >= 0.3 is 0 Å². The van der Waals surface area contributed by atoms with Gasteiger partial charge in [-0.1, -0.05) is 19.9 Å². The van der Waals surface area contributed by atoms with Crippen LogP contribution in [0.5, 0.6) is 0 Å². The van der Waals surface area contributed by atoms with Crippen LogP contribution in [0.15, 0.2) is 18.2 Å². The molecule has 0 amide bonds. The maximum atomic E-state index is 6.34. The Hall–Kier alpha value is -1.57. The van der Waals surface area contributed by atoms with Gasteiger partial charge in [0.1, 0.15) is 0 Å². The summed E-state index contributed by atoms with van der Waals surface area (Å²) in [7, 11) is 0. The van der Waals surface area contributed by atoms with Crippen molar-refractivity contribution < 1.29 is 0 Å². The lowest BCUT2D eigenvalue weighted by molar-refractivity contribution is 0.734. The summed E-state index contributed by atoms with van der Waals surface area (Å²) in [4.78, 5) is 4.76. The van der Waals surface area contributed by atoms with Crippen molar-refractivity contribution in [3.63, 3.8) is 0 Å². The number of hydrogen-bond donors (Lipinski definition) is 1. The molecule has 0 saturated carbocycles. The van der Waals surface area contributed by atoms with Gasteiger partial charge in [-0.15, -0.1) is 0 Å². The molecule has 0 aliphatic heterocycles. The predicted molar refractivity (Wildman–Crippen MR) is 76.9 cm³/mol. The zero-order valence-corrected chi connectivity index (χ0v) is 11.2. The number of nitrogens with two attached hydrogens (primary N) is 1. The second-order valence-corrected chi connectivity index (χ2v) is 5.39. The third-order valence-electron chi connectivity index (χ3n) is 4.26. The Labute approximate surface area is 108 Å². The molecule has 1 aromatic carbocycles. The van der Waals surface area contributed by atoms with Gasteiger partial charge in [0.15, 0.2) is 0 Å². The fourth-order valence-electron chi connectivity index (χ4n) is 2.86. The van der Waals surface area contributed by atoms with Crippen LogP contribution in [-0.4, -0.2) is 4.98 Å². The SMILES string of the molecule is CCC(C)c1ccc2nc3c(c(N)c2c1)CCC3. The van der Waals surface area contributed by atoms with Crippen molar-refractivity contribution >= 4 is 16.6 Å². The monoisotopic (exact) mass is 240 g/mol. The van der Waals surface area contributed by atoms with E-state index in [1.165, 1.54) is 23.2 Å². The fraction of sp³-hybridized carbons (Fsp3) is 0.438. The number of aromatic nitrogens is 1. The van der Waals surface area contributed by atoms with E-state index in [1.54, 1.807) is 0 Å². The zero-order chi connectivity index (χ0) is 12.7. The quantitative estimate of drug-likeness (QED) is 0.866. The summed E-state index contributed by atoms with van der Waals surface area (Å²) in [5.41, 5.74) is 12.3. The Morgan fingerprint density at radius 2 is 2.17 bits per heavy atom. The molecule has 1 aromatic heterocycles. The minimum atomic E-state index is 0.585. The number of nitrogen functional groups attached to an aromatic ring is 1. The molecule has 2 aromatic rings. The number of aryl methyl sites for hydroxylation is 1. The molecule has 0 radical (unpaired) electrons. The van der Waals surface area contributed by atoms with Crippen LogP contribution in [0, 0.1) is 0 Å². The first-order valence-corrected chi connectivity index (χ1v) is 6.91. The Kier molecular flexibility index (Phi) is 2.73. The summed E-state index contributed by atoms with van der Waals surface area (Å²) in [5, 5.41) is 1.15. The van der Waals surface area contributed by atoms with Crippen LogP contribution in [0.2, 0.25) is 0 Å². The van der Waals surface area contributed by atoms with Gasteiger partial charge in [-0.25, -0.2) is 0 Å². The zero-order valence-electron chi connectivity index (χ0n) is 11.2. The standard InChI is InChI=1S/C16H20N2/c1-3-10(2)11-7-8-15-13(9-11)16(17)12-5-4-6-14(12)18-15/h7-10H,3-6H2,1-2H3,(H2,17,18). The van der Waals surface area contributed by atoms with Gasteiger partial charge in [0.2, 0.25) is 0 Å². The Morgan fingerprint density at radius 1 is 1.33 bits per heavy atom. The van der Waals surface area contributed by atoms with E-state index in [4.69, 9.17) is 10.7 Å². The smallest absolute Gasteiger partial charge is 0.0726 e. The molecule has 1 aliphatic rings. The van der Waals surface area contributed by atoms with Crippen LogP contribution >= 0.6 is 0 Å². The Bertz CT molecular complexity index is 602. The van der Waals surface area contributed by atoms with Gasteiger partial charge in [-0.3, -0.25) is 4.98 Å². The van der Waals surface area contributed by atoms with E-state index in [-0.39, 0.29) is 0 Å². The summed E-state index contributed by atoms with van der Waals surface area (Å²) < 4.78 is 0. The first-order valence-electron chi connectivity index (χ1n) is 6.91. The summed E-state index contributed by atoms with van der Waals surface area (Å²) in [6, 6.07) is 6.57. The van der Waals surface area contributed by atoms with Crippen LogP contribution in [0.4, 0.5) is 5.69 Å². The van der Waals surface area contributed by atoms with Crippen molar-refractivity contribution in [2.45, 2.75) is 45.4 Å². The number of anilines is 1. The second-order valence-electron chi connectivity index (χ2n) is 5.39. The number of rotatable bonds is 2. The molecule has 3 rings (SSSR count). The number of fused-ring (bicyclic) bond motifs is 2. The minimum absolute atomic E-state index is 0.585. The summed E-state index contributed by atoms with van der Waals surface area (Å²) in [5.74, 6) is 0.585. The Morgan fingerprint density at radius 3 is 2.94 bits per heavy atom. The molecule has 2 N–H and O–H groups in total. The van der Waals surface area contributed by atoms with Crippen molar-refractivity contribution in [2.75, 3.05) is 5.73 Å². The normalized spacial score (nSPS) is 15.9. The predicted octanol–water partition coefficient (Wildman–Crippen LogP) is 3.82. The van der Waals surface area contributed by atoms with Gasteiger partial charge in [0.05, 0.1) is 5.52 Å². The lowest BCUT2D eigenvalue weighted by atomic mass is 9.96. The first kappa shape index (κ1) is 11.5. The molecule has 1 heterocycles. The highest BCUT2D eigenvalue weighted by atomic mass is 14.7. The molecule has 2 nitrogen and oxygen atoms in total. The van der Waals surface area contributed by atoms with E-state index in [2.05, 4.69) is 32.0 Å². The van der Waals surface area contributed by atoms with Crippen LogP contribution < -0.4 is 5.73 Å². The highest BCUT2D eigenvalue weighted by Gasteiger charge is 2.18. The fourth-order valence-corrected chi connectivity index (χ4v) is 2.86. The highest BCUT2D eigenvalue weighted by Crippen LogP contribution is 2.33. The van der Waals surface area contributed by atoms with Crippen molar-refractivity contribution in [1.29, 1.82) is 0 Å². The molecule has 0 spiro atoms. The molecule has 94 valence electrons. The van der Waals surface area contributed by atoms with E-state index in [0.717, 1.165) is 35.9 Å². The molecule has 1 atom stereocenters. The van der Waals surface area contributed by atoms with E-state index < -0.39 is 0 Å². The summed E-state index contributed by atoms with van der Waals surface area (Å²) >= 11 is 0. The third kappa shape index (κ3) is 1.67. The average molecular weight is 240 g/mol. The van der Waals surface area contributed by atoms with Crippen LogP contribution in [0.3, 0.4) is 0 Å². The number of nitrogens with zero attached hydrogens (tertiary/aromatic N) is 1. The van der Waals surface area contributed by atoms with E-state index >= 15 is 0 Å². The lowest BCUT2D eigenvalue weighted by Gasteiger charge is -2.13. The topological polar surface area (TPSA) is 38.9 Å². The van der Waals surface area contributed by atoms with Crippen LogP contribution in [0.1, 0.15) is 49.4 Å². The molecule has 18 heavy (non-hydrogen) atoms. The maximum Gasteiger partial charge on any atom is 0.0726 e. The number of hydrogen-bond acceptors (Lipinski definition) is 2. The van der Waals surface area contributed by atoms with Crippen LogP contribution in [-0.2, 0) is 12.8 Å². The molecule has 1 aliphatic carbocycles. The van der Waals surface area contributed by atoms with Crippen molar-refractivity contribution in [1.82, 2.24) is 4.98 Å². The van der Waals surface area contributed by atoms with Crippen molar-refractivity contribution in [3.8, 4) is 0 Å². The lowest BCUT2D eigenvalue weighted by Crippen LogP contribution is -2.00. The number of benzene rings is 1. The average Bonchev–Trinajstić information content (AvgIpc) is 2.86. The number of pyridine rings is 1. The summed E-state index contributed by atoms with van der Waals surface area (Å²) in [6.45, 7) is 4.48. The van der Waals surface area contributed by atoms with Crippen molar-refractivity contribution in [2.24, 2.45) is 0 Å². The van der Waals surface area contributed by atoms with Gasteiger partial charge in [0.25, 0.3) is 0 Å². The van der Waals surface area contributed by atoms with Crippen molar-refractivity contribution in [3.05, 3.63) is 35.0 Å². The maximum absolute atomic E-state index is 6.34. The van der Waals surface area contributed by atoms with Gasteiger partial charge in [-0.2, -0.15) is 0 Å². The molecule has 0 fully saturated rings. The molecule has 2 heteroatoms.